The number of hydrogen-bond donors (Lipinski definition) is 1. The van der Waals surface area contributed by atoms with Crippen molar-refractivity contribution in [2.24, 2.45) is 4.99 Å². The summed E-state index contributed by atoms with van der Waals surface area (Å²) in [6.07, 6.45) is 1.07. The molecule has 0 unspecified atom stereocenters. The summed E-state index contributed by atoms with van der Waals surface area (Å²) >= 11 is 10.9. The van der Waals surface area contributed by atoms with Gasteiger partial charge in [-0.1, -0.05) is 33.8 Å². The van der Waals surface area contributed by atoms with Crippen LogP contribution in [0.15, 0.2) is 33.7 Å². The van der Waals surface area contributed by atoms with Crippen molar-refractivity contribution in [1.82, 2.24) is 9.80 Å². The average Bonchev–Trinajstić information content (AvgIpc) is 3.08. The Morgan fingerprint density at radius 2 is 2.16 bits per heavy atom. The van der Waals surface area contributed by atoms with Crippen molar-refractivity contribution in [2.75, 3.05) is 57.0 Å². The maximum Gasteiger partial charge on any atom is 0.179 e. The summed E-state index contributed by atoms with van der Waals surface area (Å²) in [5, 5.41) is 5.06. The van der Waals surface area contributed by atoms with Crippen molar-refractivity contribution in [1.29, 1.82) is 0 Å². The highest BCUT2D eigenvalue weighted by Crippen LogP contribution is 2.21. The molecule has 0 spiro atoms. The first kappa shape index (κ1) is 19.1. The number of anilines is 1. The second kappa shape index (κ2) is 9.87. The topological polar surface area (TPSA) is 40.1 Å². The molecule has 8 heteroatoms. The number of nitrogens with one attached hydrogen (secondary N) is 1. The zero-order valence-electron chi connectivity index (χ0n) is 14.1. The largest absolute Gasteiger partial charge is 0.379 e. The fourth-order valence-corrected chi connectivity index (χ4v) is 4.50. The molecule has 2 heterocycles. The van der Waals surface area contributed by atoms with Gasteiger partial charge in [0.15, 0.2) is 10.3 Å². The Hall–Kier alpha value is -0.670. The summed E-state index contributed by atoms with van der Waals surface area (Å²) in [6, 6.07) is 8.03. The summed E-state index contributed by atoms with van der Waals surface area (Å²) in [7, 11) is 0. The Morgan fingerprint density at radius 1 is 1.32 bits per heavy atom. The lowest BCUT2D eigenvalue weighted by Gasteiger charge is -2.26. The van der Waals surface area contributed by atoms with Gasteiger partial charge in [-0.25, -0.2) is 0 Å². The lowest BCUT2D eigenvalue weighted by molar-refractivity contribution is 0.0377. The van der Waals surface area contributed by atoms with Crippen LogP contribution in [0.1, 0.15) is 6.42 Å². The Kier molecular flexibility index (Phi) is 7.54. The molecule has 136 valence electrons. The van der Waals surface area contributed by atoms with Gasteiger partial charge in [-0.3, -0.25) is 14.8 Å². The number of aliphatic imine (C=N–C) groups is 1. The van der Waals surface area contributed by atoms with Crippen LogP contribution < -0.4 is 5.32 Å². The average molecular weight is 443 g/mol. The van der Waals surface area contributed by atoms with E-state index >= 15 is 0 Å². The van der Waals surface area contributed by atoms with E-state index in [1.807, 2.05) is 24.3 Å². The Bertz CT molecular complexity index is 622. The van der Waals surface area contributed by atoms with Crippen LogP contribution >= 0.6 is 39.9 Å². The minimum Gasteiger partial charge on any atom is -0.379 e. The van der Waals surface area contributed by atoms with E-state index < -0.39 is 0 Å². The smallest absolute Gasteiger partial charge is 0.179 e. The van der Waals surface area contributed by atoms with Crippen molar-refractivity contribution in [3.63, 3.8) is 0 Å². The minimum atomic E-state index is 0.718. The molecule has 2 aliphatic heterocycles. The predicted octanol–water partition coefficient (Wildman–Crippen LogP) is 3.27. The molecule has 0 radical (unpaired) electrons. The minimum absolute atomic E-state index is 0.718. The highest BCUT2D eigenvalue weighted by atomic mass is 79.9. The number of rotatable bonds is 5. The van der Waals surface area contributed by atoms with E-state index in [9.17, 15) is 0 Å². The number of ether oxygens (including phenoxy) is 1. The SMILES string of the molecule is S=C(Nc1cccc(Br)c1)N1CCSC1=NCCCN1CCOCC1. The van der Waals surface area contributed by atoms with E-state index in [2.05, 4.69) is 31.0 Å². The third-order valence-corrected chi connectivity index (χ3v) is 5.89. The van der Waals surface area contributed by atoms with Gasteiger partial charge >= 0.3 is 0 Å². The summed E-state index contributed by atoms with van der Waals surface area (Å²) in [4.78, 5) is 9.33. The van der Waals surface area contributed by atoms with Crippen LogP contribution in [0.2, 0.25) is 0 Å². The lowest BCUT2D eigenvalue weighted by Crippen LogP contribution is -2.37. The van der Waals surface area contributed by atoms with Crippen molar-refractivity contribution < 1.29 is 4.74 Å². The number of halogens is 1. The third-order valence-electron chi connectivity index (χ3n) is 4.08. The second-order valence-electron chi connectivity index (χ2n) is 5.91. The van der Waals surface area contributed by atoms with Gasteiger partial charge in [0, 0.05) is 48.6 Å². The number of thioether (sulfide) groups is 1. The normalized spacial score (nSPS) is 20.2. The Labute approximate surface area is 167 Å². The summed E-state index contributed by atoms with van der Waals surface area (Å²) in [6.45, 7) is 6.63. The number of benzene rings is 1. The second-order valence-corrected chi connectivity index (χ2v) is 8.28. The maximum atomic E-state index is 5.58. The van der Waals surface area contributed by atoms with Gasteiger partial charge in [0.05, 0.1) is 13.2 Å². The zero-order valence-corrected chi connectivity index (χ0v) is 17.3. The molecule has 2 saturated heterocycles. The van der Waals surface area contributed by atoms with Gasteiger partial charge in [0.25, 0.3) is 0 Å². The Balaban J connectivity index is 1.48. The molecule has 0 saturated carbocycles. The molecule has 0 amide bonds. The maximum absolute atomic E-state index is 5.58. The molecule has 0 atom stereocenters. The van der Waals surface area contributed by atoms with Gasteiger partial charge in [-0.2, -0.15) is 0 Å². The first-order valence-electron chi connectivity index (χ1n) is 8.54. The molecule has 1 N–H and O–H groups in total. The van der Waals surface area contributed by atoms with Gasteiger partial charge in [-0.05, 0) is 36.8 Å². The molecule has 0 aliphatic carbocycles. The van der Waals surface area contributed by atoms with Gasteiger partial charge in [0.1, 0.15) is 0 Å². The van der Waals surface area contributed by atoms with Gasteiger partial charge in [-0.15, -0.1) is 0 Å². The fourth-order valence-electron chi connectivity index (χ4n) is 2.77. The zero-order chi connectivity index (χ0) is 17.5. The van der Waals surface area contributed by atoms with Crippen LogP contribution in [0.3, 0.4) is 0 Å². The van der Waals surface area contributed by atoms with Crippen LogP contribution in [-0.4, -0.2) is 71.8 Å². The summed E-state index contributed by atoms with van der Waals surface area (Å²) < 4.78 is 6.42. The molecule has 2 fully saturated rings. The number of hydrogen-bond acceptors (Lipinski definition) is 5. The number of morpholine rings is 1. The molecular formula is C17H23BrN4OS2. The van der Waals surface area contributed by atoms with Crippen molar-refractivity contribution in [3.05, 3.63) is 28.7 Å². The molecule has 25 heavy (non-hydrogen) atoms. The molecule has 3 rings (SSSR count). The molecule has 0 bridgehead atoms. The molecular weight excluding hydrogens is 420 g/mol. The van der Waals surface area contributed by atoms with Crippen molar-refractivity contribution >= 4 is 55.9 Å². The number of nitrogens with zero attached hydrogens (tertiary/aromatic N) is 3. The predicted molar refractivity (Wildman–Crippen MR) is 114 cm³/mol. The van der Waals surface area contributed by atoms with E-state index in [-0.39, 0.29) is 0 Å². The van der Waals surface area contributed by atoms with E-state index in [1.54, 1.807) is 11.8 Å². The molecule has 5 nitrogen and oxygen atoms in total. The van der Waals surface area contributed by atoms with Crippen LogP contribution in [0.4, 0.5) is 5.69 Å². The molecule has 2 aliphatic rings. The lowest BCUT2D eigenvalue weighted by atomic mass is 10.3. The van der Waals surface area contributed by atoms with E-state index in [1.165, 1.54) is 0 Å². The van der Waals surface area contributed by atoms with E-state index in [0.29, 0.717) is 0 Å². The fraction of sp³-hybridized carbons (Fsp3) is 0.529. The molecule has 1 aromatic rings. The first-order chi connectivity index (χ1) is 12.2. The van der Waals surface area contributed by atoms with Crippen LogP contribution in [-0.2, 0) is 4.74 Å². The van der Waals surface area contributed by atoms with Gasteiger partial charge in [0.2, 0.25) is 0 Å². The first-order valence-corrected chi connectivity index (χ1v) is 10.7. The number of amidine groups is 1. The van der Waals surface area contributed by atoms with E-state index in [4.69, 9.17) is 21.9 Å². The summed E-state index contributed by atoms with van der Waals surface area (Å²) in [5.41, 5.74) is 0.989. The van der Waals surface area contributed by atoms with Crippen LogP contribution in [0.25, 0.3) is 0 Å². The van der Waals surface area contributed by atoms with Crippen molar-refractivity contribution in [2.45, 2.75) is 6.42 Å². The van der Waals surface area contributed by atoms with Crippen molar-refractivity contribution in [3.8, 4) is 0 Å². The van der Waals surface area contributed by atoms with Crippen LogP contribution in [0.5, 0.6) is 0 Å². The highest BCUT2D eigenvalue weighted by Gasteiger charge is 2.23. The van der Waals surface area contributed by atoms with Crippen LogP contribution in [0, 0.1) is 0 Å². The number of thiocarbonyl (C=S) groups is 1. The molecule has 0 aromatic heterocycles. The standard InChI is InChI=1S/C17H23BrN4OS2/c18-14-3-1-4-15(13-14)20-16(24)22-9-12-25-17(22)19-5-2-6-21-7-10-23-11-8-21/h1,3-4,13H,2,5-12H2,(H,20,24). The quantitative estimate of drug-likeness (QED) is 0.557. The Morgan fingerprint density at radius 3 is 2.96 bits per heavy atom. The van der Waals surface area contributed by atoms with E-state index in [0.717, 1.165) is 78.6 Å². The highest BCUT2D eigenvalue weighted by molar-refractivity contribution is 9.10. The summed E-state index contributed by atoms with van der Waals surface area (Å²) in [5.74, 6) is 1.03. The third kappa shape index (κ3) is 5.92. The molecule has 1 aromatic carbocycles. The van der Waals surface area contributed by atoms with Gasteiger partial charge < -0.3 is 10.1 Å². The monoisotopic (exact) mass is 442 g/mol.